The average Bonchev–Trinajstić information content (AvgIpc) is 2.76. The molecule has 1 aromatic carbocycles. The summed E-state index contributed by atoms with van der Waals surface area (Å²) >= 11 is 0. The van der Waals surface area contributed by atoms with Crippen molar-refractivity contribution in [2.24, 2.45) is 14.1 Å². The molecule has 2 heterocycles. The molecule has 0 aliphatic carbocycles. The first-order valence-electron chi connectivity index (χ1n) is 8.32. The van der Waals surface area contributed by atoms with E-state index < -0.39 is 15.6 Å². The highest BCUT2D eigenvalue weighted by Gasteiger charge is 2.30. The topological polar surface area (TPSA) is 105 Å². The van der Waals surface area contributed by atoms with Crippen molar-refractivity contribution in [1.29, 1.82) is 0 Å². The van der Waals surface area contributed by atoms with Gasteiger partial charge in [-0.25, -0.2) is 17.9 Å². The first-order valence-corrected chi connectivity index (χ1v) is 9.80. The molecule has 1 aliphatic rings. The predicted molar refractivity (Wildman–Crippen MR) is 95.0 cm³/mol. The minimum atomic E-state index is -3.78. The predicted octanol–water partition coefficient (Wildman–Crippen LogP) is -0.340. The fourth-order valence-electron chi connectivity index (χ4n) is 3.26. The van der Waals surface area contributed by atoms with E-state index in [-0.39, 0.29) is 17.1 Å². The van der Waals surface area contributed by atoms with Crippen LogP contribution in [-0.2, 0) is 24.1 Å². The molecule has 0 spiro atoms. The highest BCUT2D eigenvalue weighted by Crippen LogP contribution is 2.21. The van der Waals surface area contributed by atoms with Crippen molar-refractivity contribution in [3.8, 4) is 0 Å². The third-order valence-electron chi connectivity index (χ3n) is 4.91. The van der Waals surface area contributed by atoms with Crippen LogP contribution >= 0.6 is 0 Å². The minimum Gasteiger partial charge on any atom is -0.388 e. The number of sulfonamides is 1. The van der Waals surface area contributed by atoms with E-state index in [1.54, 1.807) is 20.2 Å². The molecular weight excluding hydrogens is 344 g/mol. The Morgan fingerprint density at radius 3 is 2.68 bits per heavy atom. The van der Waals surface area contributed by atoms with Gasteiger partial charge in [-0.2, -0.15) is 0 Å². The van der Waals surface area contributed by atoms with Crippen LogP contribution in [0.3, 0.4) is 0 Å². The zero-order valence-corrected chi connectivity index (χ0v) is 15.3. The van der Waals surface area contributed by atoms with Gasteiger partial charge >= 0.3 is 5.69 Å². The maximum absolute atomic E-state index is 12.6. The van der Waals surface area contributed by atoms with Gasteiger partial charge in [0, 0.05) is 20.6 Å². The van der Waals surface area contributed by atoms with Crippen LogP contribution in [0, 0.1) is 0 Å². The SMILES string of the molecule is Cn1c(=O)n(C)c2cc(S(=O)(=O)NC[C@]3(O)CCCNCC3)ccc21. The van der Waals surface area contributed by atoms with Crippen molar-refractivity contribution < 1.29 is 13.5 Å². The second-order valence-electron chi connectivity index (χ2n) is 6.70. The summed E-state index contributed by atoms with van der Waals surface area (Å²) < 4.78 is 30.6. The third-order valence-corrected chi connectivity index (χ3v) is 6.31. The molecule has 1 aromatic heterocycles. The van der Waals surface area contributed by atoms with Gasteiger partial charge in [0.1, 0.15) is 0 Å². The van der Waals surface area contributed by atoms with Crippen LogP contribution in [0.4, 0.5) is 0 Å². The van der Waals surface area contributed by atoms with Gasteiger partial charge in [0.15, 0.2) is 0 Å². The van der Waals surface area contributed by atoms with E-state index in [1.165, 1.54) is 21.3 Å². The first kappa shape index (κ1) is 18.1. The van der Waals surface area contributed by atoms with Crippen LogP contribution < -0.4 is 15.7 Å². The molecule has 1 aliphatic heterocycles. The summed E-state index contributed by atoms with van der Waals surface area (Å²) in [6, 6.07) is 4.58. The zero-order valence-electron chi connectivity index (χ0n) is 14.4. The number of nitrogens with one attached hydrogen (secondary N) is 2. The normalized spacial score (nSPS) is 22.2. The van der Waals surface area contributed by atoms with Crippen LogP contribution in [0.15, 0.2) is 27.9 Å². The lowest BCUT2D eigenvalue weighted by Gasteiger charge is -2.26. The Morgan fingerprint density at radius 2 is 1.92 bits per heavy atom. The second kappa shape index (κ2) is 6.56. The lowest BCUT2D eigenvalue weighted by molar-refractivity contribution is 0.0335. The minimum absolute atomic E-state index is 0.0250. The number of nitrogens with zero attached hydrogens (tertiary/aromatic N) is 2. The van der Waals surface area contributed by atoms with E-state index >= 15 is 0 Å². The second-order valence-corrected chi connectivity index (χ2v) is 8.47. The summed E-state index contributed by atoms with van der Waals surface area (Å²) in [5.41, 5.74) is -0.0364. The standard InChI is InChI=1S/C16H24N4O4S/c1-19-13-5-4-12(10-14(13)20(2)15(19)21)25(23,24)18-11-16(22)6-3-8-17-9-7-16/h4-5,10,17-18,22H,3,6-9,11H2,1-2H3/t16-/m0/s1. The number of aryl methyl sites for hydroxylation is 2. The summed E-state index contributed by atoms with van der Waals surface area (Å²) in [4.78, 5) is 12.1. The maximum Gasteiger partial charge on any atom is 0.328 e. The molecule has 0 radical (unpaired) electrons. The largest absolute Gasteiger partial charge is 0.388 e. The lowest BCUT2D eigenvalue weighted by atomic mass is 9.95. The van der Waals surface area contributed by atoms with Gasteiger partial charge in [-0.05, 0) is 50.6 Å². The van der Waals surface area contributed by atoms with E-state index in [9.17, 15) is 18.3 Å². The van der Waals surface area contributed by atoms with Crippen LogP contribution in [-0.4, -0.2) is 47.9 Å². The molecule has 0 unspecified atom stereocenters. The summed E-state index contributed by atoms with van der Waals surface area (Å²) in [5, 5.41) is 13.8. The van der Waals surface area contributed by atoms with Crippen molar-refractivity contribution in [2.75, 3.05) is 19.6 Å². The van der Waals surface area contributed by atoms with E-state index in [0.29, 0.717) is 30.4 Å². The number of benzene rings is 1. The van der Waals surface area contributed by atoms with E-state index in [4.69, 9.17) is 0 Å². The monoisotopic (exact) mass is 368 g/mol. The molecule has 0 bridgehead atoms. The van der Waals surface area contributed by atoms with Gasteiger partial charge in [0.25, 0.3) is 0 Å². The Labute approximate surface area is 146 Å². The Kier molecular flexibility index (Phi) is 4.76. The Balaban J connectivity index is 1.86. The number of fused-ring (bicyclic) bond motifs is 1. The zero-order chi connectivity index (χ0) is 18.2. The Hall–Kier alpha value is -1.68. The van der Waals surface area contributed by atoms with Crippen LogP contribution in [0.5, 0.6) is 0 Å². The highest BCUT2D eigenvalue weighted by atomic mass is 32.2. The molecule has 0 amide bonds. The fourth-order valence-corrected chi connectivity index (χ4v) is 4.40. The number of imidazole rings is 1. The van der Waals surface area contributed by atoms with Gasteiger partial charge in [-0.3, -0.25) is 9.13 Å². The van der Waals surface area contributed by atoms with Crippen molar-refractivity contribution in [2.45, 2.75) is 29.8 Å². The molecule has 2 aromatic rings. The summed E-state index contributed by atoms with van der Waals surface area (Å²) in [7, 11) is -0.524. The van der Waals surface area contributed by atoms with Gasteiger partial charge < -0.3 is 10.4 Å². The molecule has 0 saturated carbocycles. The van der Waals surface area contributed by atoms with Gasteiger partial charge in [-0.15, -0.1) is 0 Å². The number of aliphatic hydroxyl groups is 1. The number of rotatable bonds is 4. The van der Waals surface area contributed by atoms with Gasteiger partial charge in [0.05, 0.1) is 21.5 Å². The van der Waals surface area contributed by atoms with Crippen molar-refractivity contribution >= 4 is 21.1 Å². The number of aromatic nitrogens is 2. The smallest absolute Gasteiger partial charge is 0.328 e. The van der Waals surface area contributed by atoms with E-state index in [0.717, 1.165) is 13.0 Å². The molecule has 3 rings (SSSR count). The van der Waals surface area contributed by atoms with E-state index in [2.05, 4.69) is 10.0 Å². The molecule has 9 heteroatoms. The van der Waals surface area contributed by atoms with Gasteiger partial charge in [-0.1, -0.05) is 0 Å². The molecule has 138 valence electrons. The van der Waals surface area contributed by atoms with Crippen LogP contribution in [0.2, 0.25) is 0 Å². The summed E-state index contributed by atoms with van der Waals surface area (Å²) in [6.45, 7) is 1.47. The summed E-state index contributed by atoms with van der Waals surface area (Å²) in [5.74, 6) is 0. The van der Waals surface area contributed by atoms with Crippen molar-refractivity contribution in [1.82, 2.24) is 19.2 Å². The van der Waals surface area contributed by atoms with Crippen LogP contribution in [0.1, 0.15) is 19.3 Å². The number of hydrogen-bond donors (Lipinski definition) is 3. The Morgan fingerprint density at radius 1 is 1.20 bits per heavy atom. The van der Waals surface area contributed by atoms with Crippen molar-refractivity contribution in [3.05, 3.63) is 28.7 Å². The molecule has 1 atom stereocenters. The molecule has 25 heavy (non-hydrogen) atoms. The molecule has 8 nitrogen and oxygen atoms in total. The number of hydrogen-bond acceptors (Lipinski definition) is 5. The Bertz CT molecular complexity index is 937. The lowest BCUT2D eigenvalue weighted by Crippen LogP contribution is -2.43. The maximum atomic E-state index is 12.6. The van der Waals surface area contributed by atoms with Gasteiger partial charge in [0.2, 0.25) is 10.0 Å². The summed E-state index contributed by atoms with van der Waals surface area (Å²) in [6.07, 6.45) is 1.85. The quantitative estimate of drug-likeness (QED) is 0.685. The molecule has 1 saturated heterocycles. The first-order chi connectivity index (χ1) is 11.7. The van der Waals surface area contributed by atoms with E-state index in [1.807, 2.05) is 0 Å². The molecule has 3 N–H and O–H groups in total. The highest BCUT2D eigenvalue weighted by molar-refractivity contribution is 7.89. The van der Waals surface area contributed by atoms with Crippen LogP contribution in [0.25, 0.3) is 11.0 Å². The molecular formula is C16H24N4O4S. The average molecular weight is 368 g/mol. The molecule has 1 fully saturated rings. The third kappa shape index (κ3) is 3.50. The fraction of sp³-hybridized carbons (Fsp3) is 0.562. The van der Waals surface area contributed by atoms with Crippen molar-refractivity contribution in [3.63, 3.8) is 0 Å².